The van der Waals surface area contributed by atoms with Gasteiger partial charge in [-0.05, 0) is 12.8 Å². The van der Waals surface area contributed by atoms with Gasteiger partial charge < -0.3 is 21.1 Å². The predicted octanol–water partition coefficient (Wildman–Crippen LogP) is -0.371. The van der Waals surface area contributed by atoms with Crippen molar-refractivity contribution in [3.05, 3.63) is 0 Å². The highest BCUT2D eigenvalue weighted by molar-refractivity contribution is 5.84. The van der Waals surface area contributed by atoms with Crippen LogP contribution in [-0.4, -0.2) is 44.2 Å². The number of carbonyl (C=O) groups excluding carboxylic acids is 2. The first kappa shape index (κ1) is 15.9. The Labute approximate surface area is 114 Å². The zero-order valence-corrected chi connectivity index (χ0v) is 12.0. The molecule has 4 N–H and O–H groups in total. The van der Waals surface area contributed by atoms with Crippen LogP contribution in [0.25, 0.3) is 0 Å². The first-order chi connectivity index (χ1) is 8.86. The summed E-state index contributed by atoms with van der Waals surface area (Å²) in [5, 5.41) is 5.56. The van der Waals surface area contributed by atoms with E-state index in [9.17, 15) is 9.59 Å². The Balaban J connectivity index is 2.25. The van der Waals surface area contributed by atoms with Gasteiger partial charge in [-0.25, -0.2) is 0 Å². The van der Waals surface area contributed by atoms with Gasteiger partial charge in [0.05, 0.1) is 18.6 Å². The number of amides is 2. The lowest BCUT2D eigenvalue weighted by Crippen LogP contribution is -2.50. The Morgan fingerprint density at radius 2 is 2.11 bits per heavy atom. The topological polar surface area (TPSA) is 93.5 Å². The van der Waals surface area contributed by atoms with Gasteiger partial charge in [0.15, 0.2) is 0 Å². The van der Waals surface area contributed by atoms with E-state index in [0.717, 1.165) is 0 Å². The molecule has 1 aliphatic rings. The van der Waals surface area contributed by atoms with Crippen LogP contribution in [0.3, 0.4) is 0 Å². The molecular formula is C13H25N3O3. The Morgan fingerprint density at radius 3 is 2.63 bits per heavy atom. The van der Waals surface area contributed by atoms with E-state index >= 15 is 0 Å². The third kappa shape index (κ3) is 4.47. The van der Waals surface area contributed by atoms with Crippen LogP contribution in [0, 0.1) is 11.3 Å². The fourth-order valence-electron chi connectivity index (χ4n) is 1.82. The van der Waals surface area contributed by atoms with E-state index in [2.05, 4.69) is 10.6 Å². The zero-order chi connectivity index (χ0) is 14.5. The summed E-state index contributed by atoms with van der Waals surface area (Å²) < 4.78 is 5.22. The van der Waals surface area contributed by atoms with Crippen molar-refractivity contribution in [1.29, 1.82) is 0 Å². The second kappa shape index (κ2) is 6.86. The summed E-state index contributed by atoms with van der Waals surface area (Å²) in [6, 6.07) is -0.290. The summed E-state index contributed by atoms with van der Waals surface area (Å²) in [5.74, 6) is 0.228. The lowest BCUT2D eigenvalue weighted by atomic mass is 9.85. The number of ether oxygens (including phenoxy) is 1. The van der Waals surface area contributed by atoms with Gasteiger partial charge in [0.1, 0.15) is 0 Å². The van der Waals surface area contributed by atoms with Gasteiger partial charge in [-0.2, -0.15) is 0 Å². The van der Waals surface area contributed by atoms with E-state index in [1.54, 1.807) is 6.92 Å². The van der Waals surface area contributed by atoms with Crippen LogP contribution in [0.15, 0.2) is 0 Å². The van der Waals surface area contributed by atoms with Crippen molar-refractivity contribution in [3.63, 3.8) is 0 Å². The number of rotatable bonds is 6. The highest BCUT2D eigenvalue weighted by Gasteiger charge is 2.44. The molecule has 1 heterocycles. The second-order valence-electron chi connectivity index (χ2n) is 5.74. The molecule has 0 aromatic heterocycles. The molecule has 2 atom stereocenters. The van der Waals surface area contributed by atoms with Gasteiger partial charge in [0.25, 0.3) is 0 Å². The third-order valence-electron chi connectivity index (χ3n) is 3.38. The number of carbonyl (C=O) groups is 2. The minimum atomic E-state index is -0.686. The van der Waals surface area contributed by atoms with Crippen LogP contribution in [-0.2, 0) is 14.3 Å². The maximum atomic E-state index is 12.0. The van der Waals surface area contributed by atoms with Crippen molar-refractivity contribution in [3.8, 4) is 0 Å². The van der Waals surface area contributed by atoms with Crippen LogP contribution in [0.2, 0.25) is 0 Å². The van der Waals surface area contributed by atoms with Gasteiger partial charge in [0.2, 0.25) is 11.8 Å². The third-order valence-corrected chi connectivity index (χ3v) is 3.38. The van der Waals surface area contributed by atoms with Crippen LogP contribution >= 0.6 is 0 Å². The Kier molecular flexibility index (Phi) is 5.75. The van der Waals surface area contributed by atoms with E-state index in [4.69, 9.17) is 10.5 Å². The van der Waals surface area contributed by atoms with Gasteiger partial charge in [-0.1, -0.05) is 13.8 Å². The molecule has 2 unspecified atom stereocenters. The minimum absolute atomic E-state index is 0.0499. The van der Waals surface area contributed by atoms with Crippen molar-refractivity contribution in [2.24, 2.45) is 17.1 Å². The van der Waals surface area contributed by atoms with Crippen molar-refractivity contribution in [2.75, 3.05) is 26.3 Å². The number of nitrogens with two attached hydrogens (primary N) is 1. The molecule has 1 aliphatic heterocycles. The average Bonchev–Trinajstić information content (AvgIpc) is 2.68. The maximum Gasteiger partial charge on any atom is 0.229 e. The molecule has 0 saturated carbocycles. The van der Waals surface area contributed by atoms with Crippen LogP contribution < -0.4 is 16.4 Å². The summed E-state index contributed by atoms with van der Waals surface area (Å²) in [6.07, 6.45) is 0.282. The quantitative estimate of drug-likeness (QED) is 0.614. The fraction of sp³-hybridized carbons (Fsp3) is 0.846. The normalized spacial score (nSPS) is 26.5. The van der Waals surface area contributed by atoms with Crippen molar-refractivity contribution in [2.45, 2.75) is 33.2 Å². The van der Waals surface area contributed by atoms with Crippen LogP contribution in [0.4, 0.5) is 0 Å². The number of hydrogen-bond acceptors (Lipinski definition) is 4. The molecule has 0 spiro atoms. The molecule has 0 aromatic rings. The van der Waals surface area contributed by atoms with Crippen molar-refractivity contribution < 1.29 is 14.3 Å². The molecule has 6 heteroatoms. The first-order valence-corrected chi connectivity index (χ1v) is 6.74. The van der Waals surface area contributed by atoms with Crippen molar-refractivity contribution >= 4 is 11.8 Å². The summed E-state index contributed by atoms with van der Waals surface area (Å²) in [5.41, 5.74) is 5.18. The van der Waals surface area contributed by atoms with Crippen LogP contribution in [0.1, 0.15) is 27.2 Å². The standard InChI is InChI=1S/C13H25N3O3/c1-9(2)6-16-11(17)4-5-15-12(18)13(3)8-19-7-10(13)14/h9-10H,4-8,14H2,1-3H3,(H,15,18)(H,16,17). The zero-order valence-electron chi connectivity index (χ0n) is 12.0. The van der Waals surface area contributed by atoms with Gasteiger partial charge in [-0.3, -0.25) is 9.59 Å². The van der Waals surface area contributed by atoms with E-state index in [1.807, 2.05) is 13.8 Å². The highest BCUT2D eigenvalue weighted by Crippen LogP contribution is 2.26. The monoisotopic (exact) mass is 271 g/mol. The average molecular weight is 271 g/mol. The van der Waals surface area contributed by atoms with E-state index in [-0.39, 0.29) is 24.3 Å². The molecule has 2 amide bonds. The maximum absolute atomic E-state index is 12.0. The summed E-state index contributed by atoms with van der Waals surface area (Å²) in [6.45, 7) is 7.57. The molecule has 110 valence electrons. The van der Waals surface area contributed by atoms with E-state index < -0.39 is 5.41 Å². The molecule has 0 bridgehead atoms. The largest absolute Gasteiger partial charge is 0.379 e. The van der Waals surface area contributed by atoms with Gasteiger partial charge in [-0.15, -0.1) is 0 Å². The Bertz CT molecular complexity index is 333. The van der Waals surface area contributed by atoms with E-state index in [0.29, 0.717) is 32.2 Å². The van der Waals surface area contributed by atoms with Crippen LogP contribution in [0.5, 0.6) is 0 Å². The molecule has 0 aliphatic carbocycles. The smallest absolute Gasteiger partial charge is 0.229 e. The lowest BCUT2D eigenvalue weighted by Gasteiger charge is -2.25. The molecule has 1 saturated heterocycles. The summed E-state index contributed by atoms with van der Waals surface area (Å²) in [7, 11) is 0. The Hall–Kier alpha value is -1.14. The number of nitrogens with one attached hydrogen (secondary N) is 2. The molecule has 0 aromatic carbocycles. The van der Waals surface area contributed by atoms with E-state index in [1.165, 1.54) is 0 Å². The molecule has 1 rings (SSSR count). The molecule has 0 radical (unpaired) electrons. The molecular weight excluding hydrogens is 246 g/mol. The van der Waals surface area contributed by atoms with Crippen molar-refractivity contribution in [1.82, 2.24) is 10.6 Å². The number of hydrogen-bond donors (Lipinski definition) is 3. The molecule has 1 fully saturated rings. The van der Waals surface area contributed by atoms with Gasteiger partial charge in [0, 0.05) is 25.6 Å². The highest BCUT2D eigenvalue weighted by atomic mass is 16.5. The SMILES string of the molecule is CC(C)CNC(=O)CCNC(=O)C1(C)COCC1N. The molecule has 19 heavy (non-hydrogen) atoms. The summed E-state index contributed by atoms with van der Waals surface area (Å²) in [4.78, 5) is 23.5. The fourth-order valence-corrected chi connectivity index (χ4v) is 1.82. The lowest BCUT2D eigenvalue weighted by molar-refractivity contribution is -0.130. The Morgan fingerprint density at radius 1 is 1.42 bits per heavy atom. The first-order valence-electron chi connectivity index (χ1n) is 6.74. The minimum Gasteiger partial charge on any atom is -0.379 e. The summed E-state index contributed by atoms with van der Waals surface area (Å²) >= 11 is 0. The predicted molar refractivity (Wildman–Crippen MR) is 72.4 cm³/mol. The van der Waals surface area contributed by atoms with Gasteiger partial charge >= 0.3 is 0 Å². The second-order valence-corrected chi connectivity index (χ2v) is 5.74. The molecule has 6 nitrogen and oxygen atoms in total.